The van der Waals surface area contributed by atoms with Crippen molar-refractivity contribution in [2.24, 2.45) is 5.92 Å². The number of carbonyl (C=O) groups is 1. The predicted molar refractivity (Wildman–Crippen MR) is 80.2 cm³/mol. The van der Waals surface area contributed by atoms with Gasteiger partial charge in [-0.2, -0.15) is 0 Å². The predicted octanol–water partition coefficient (Wildman–Crippen LogP) is 3.63. The summed E-state index contributed by atoms with van der Waals surface area (Å²) >= 11 is 1.20. The molecule has 1 aromatic carbocycles. The number of fused-ring (bicyclic) bond motifs is 1. The third-order valence-electron chi connectivity index (χ3n) is 3.98. The average molecular weight is 308 g/mol. The molecule has 0 unspecified atom stereocenters. The Morgan fingerprint density at radius 3 is 2.86 bits per heavy atom. The molecule has 0 bridgehead atoms. The first-order valence-corrected chi connectivity index (χ1v) is 7.97. The number of carboxylic acid groups (broad SMARTS) is 1. The molecule has 3 rings (SSSR count). The highest BCUT2D eigenvalue weighted by Crippen LogP contribution is 2.42. The summed E-state index contributed by atoms with van der Waals surface area (Å²) in [6.45, 7) is 3.93. The lowest BCUT2D eigenvalue weighted by molar-refractivity contribution is -0.133. The van der Waals surface area contributed by atoms with E-state index >= 15 is 0 Å². The maximum Gasteiger partial charge on any atom is 0.313 e. The highest BCUT2D eigenvalue weighted by molar-refractivity contribution is 7.99. The lowest BCUT2D eigenvalue weighted by Crippen LogP contribution is -2.25. The molecule has 0 atom stereocenters. The first-order valence-electron chi connectivity index (χ1n) is 6.98. The number of benzene rings is 1. The fourth-order valence-electron chi connectivity index (χ4n) is 2.85. The van der Waals surface area contributed by atoms with Gasteiger partial charge in [-0.15, -0.1) is 0 Å². The van der Waals surface area contributed by atoms with E-state index in [1.54, 1.807) is 6.92 Å². The van der Waals surface area contributed by atoms with Gasteiger partial charge in [-0.3, -0.25) is 4.79 Å². The zero-order valence-electron chi connectivity index (χ0n) is 12.0. The average Bonchev–Trinajstić information content (AvgIpc) is 2.71. The molecule has 1 aromatic heterocycles. The van der Waals surface area contributed by atoms with Crippen LogP contribution in [0.3, 0.4) is 0 Å². The third-order valence-corrected chi connectivity index (χ3v) is 4.91. The van der Waals surface area contributed by atoms with Crippen molar-refractivity contribution in [3.05, 3.63) is 23.5 Å². The molecule has 0 aliphatic heterocycles. The Hall–Kier alpha value is -1.56. The highest BCUT2D eigenvalue weighted by atomic mass is 32.2. The number of hydrogen-bond donors (Lipinski definition) is 1. The molecule has 1 aliphatic rings. The smallest absolute Gasteiger partial charge is 0.313 e. The van der Waals surface area contributed by atoms with E-state index in [1.807, 2.05) is 6.07 Å². The van der Waals surface area contributed by atoms with Crippen molar-refractivity contribution in [3.63, 3.8) is 0 Å². The molecular formula is C15H17FN2O2S. The quantitative estimate of drug-likeness (QED) is 0.876. The standard InChI is InChI=1S/C15H17FN2O2S/c1-8-3-10(4-8)18-13-5-9(2)11(16)6-12(13)17-15(18)21-7-14(19)20/h5-6,8,10H,3-4,7H2,1-2H3,(H,19,20). The second-order valence-corrected chi connectivity index (χ2v) is 6.71. The normalized spacial score (nSPS) is 21.5. The second kappa shape index (κ2) is 5.33. The summed E-state index contributed by atoms with van der Waals surface area (Å²) in [7, 11) is 0. The Balaban J connectivity index is 2.06. The lowest BCUT2D eigenvalue weighted by Gasteiger charge is -2.35. The van der Waals surface area contributed by atoms with Crippen LogP contribution in [0.2, 0.25) is 0 Å². The van der Waals surface area contributed by atoms with Crippen LogP contribution in [0, 0.1) is 18.7 Å². The van der Waals surface area contributed by atoms with Gasteiger partial charge in [-0.1, -0.05) is 18.7 Å². The summed E-state index contributed by atoms with van der Waals surface area (Å²) in [5.41, 5.74) is 2.09. The Morgan fingerprint density at radius 1 is 1.52 bits per heavy atom. The maximum absolute atomic E-state index is 13.7. The minimum atomic E-state index is -0.872. The number of carboxylic acids is 1. The van der Waals surface area contributed by atoms with Crippen molar-refractivity contribution >= 4 is 28.8 Å². The zero-order valence-corrected chi connectivity index (χ0v) is 12.8. The van der Waals surface area contributed by atoms with Crippen LogP contribution in [0.1, 0.15) is 31.4 Å². The number of aromatic nitrogens is 2. The van der Waals surface area contributed by atoms with Gasteiger partial charge in [0, 0.05) is 12.1 Å². The molecule has 1 N–H and O–H groups in total. The van der Waals surface area contributed by atoms with Crippen molar-refractivity contribution < 1.29 is 14.3 Å². The molecule has 2 aromatic rings. The van der Waals surface area contributed by atoms with Gasteiger partial charge in [0.15, 0.2) is 5.16 Å². The highest BCUT2D eigenvalue weighted by Gasteiger charge is 2.30. The third kappa shape index (κ3) is 2.64. The van der Waals surface area contributed by atoms with Gasteiger partial charge in [-0.05, 0) is 37.3 Å². The Morgan fingerprint density at radius 2 is 2.24 bits per heavy atom. The van der Waals surface area contributed by atoms with Crippen LogP contribution in [0.25, 0.3) is 11.0 Å². The van der Waals surface area contributed by atoms with Crippen LogP contribution in [0.15, 0.2) is 17.3 Å². The van der Waals surface area contributed by atoms with E-state index in [0.29, 0.717) is 28.2 Å². The van der Waals surface area contributed by atoms with Crippen LogP contribution in [-0.4, -0.2) is 26.4 Å². The van der Waals surface area contributed by atoms with Gasteiger partial charge in [-0.25, -0.2) is 9.37 Å². The van der Waals surface area contributed by atoms with E-state index < -0.39 is 5.97 Å². The molecular weight excluding hydrogens is 291 g/mol. The summed E-state index contributed by atoms with van der Waals surface area (Å²) in [6, 6.07) is 3.59. The molecule has 6 heteroatoms. The van der Waals surface area contributed by atoms with Gasteiger partial charge in [0.2, 0.25) is 0 Å². The van der Waals surface area contributed by atoms with E-state index in [2.05, 4.69) is 16.5 Å². The summed E-state index contributed by atoms with van der Waals surface area (Å²) in [5, 5.41) is 9.54. The molecule has 1 fully saturated rings. The fourth-order valence-corrected chi connectivity index (χ4v) is 3.65. The van der Waals surface area contributed by atoms with Gasteiger partial charge < -0.3 is 9.67 Å². The molecule has 1 heterocycles. The van der Waals surface area contributed by atoms with Gasteiger partial charge in [0.1, 0.15) is 5.82 Å². The van der Waals surface area contributed by atoms with Crippen molar-refractivity contribution in [1.82, 2.24) is 9.55 Å². The molecule has 1 aliphatic carbocycles. The van der Waals surface area contributed by atoms with E-state index in [1.165, 1.54) is 17.8 Å². The van der Waals surface area contributed by atoms with E-state index in [9.17, 15) is 9.18 Å². The summed E-state index contributed by atoms with van der Waals surface area (Å²) in [5.74, 6) is -0.509. The Labute approximate surface area is 126 Å². The van der Waals surface area contributed by atoms with Crippen LogP contribution in [0.4, 0.5) is 4.39 Å². The number of aryl methyl sites for hydroxylation is 1. The number of halogens is 1. The van der Waals surface area contributed by atoms with Crippen LogP contribution in [-0.2, 0) is 4.79 Å². The van der Waals surface area contributed by atoms with E-state index in [0.717, 1.165) is 18.4 Å². The molecule has 0 radical (unpaired) electrons. The van der Waals surface area contributed by atoms with Crippen molar-refractivity contribution in [2.75, 3.05) is 5.75 Å². The van der Waals surface area contributed by atoms with Gasteiger partial charge >= 0.3 is 5.97 Å². The second-order valence-electron chi connectivity index (χ2n) is 5.77. The minimum absolute atomic E-state index is 0.0347. The Kier molecular flexibility index (Phi) is 3.65. The maximum atomic E-state index is 13.7. The minimum Gasteiger partial charge on any atom is -0.481 e. The summed E-state index contributed by atoms with van der Waals surface area (Å²) in [4.78, 5) is 15.2. The molecule has 0 spiro atoms. The summed E-state index contributed by atoms with van der Waals surface area (Å²) in [6.07, 6.45) is 2.12. The Bertz CT molecular complexity index is 707. The largest absolute Gasteiger partial charge is 0.481 e. The first kappa shape index (κ1) is 14.4. The van der Waals surface area contributed by atoms with Gasteiger partial charge in [0.05, 0.1) is 16.8 Å². The van der Waals surface area contributed by atoms with E-state index in [-0.39, 0.29) is 11.6 Å². The number of rotatable bonds is 4. The van der Waals surface area contributed by atoms with Crippen LogP contribution >= 0.6 is 11.8 Å². The van der Waals surface area contributed by atoms with E-state index in [4.69, 9.17) is 5.11 Å². The number of imidazole rings is 1. The molecule has 4 nitrogen and oxygen atoms in total. The van der Waals surface area contributed by atoms with Crippen LogP contribution < -0.4 is 0 Å². The topological polar surface area (TPSA) is 55.1 Å². The number of thioether (sulfide) groups is 1. The zero-order chi connectivity index (χ0) is 15.1. The molecule has 0 amide bonds. The summed E-state index contributed by atoms with van der Waals surface area (Å²) < 4.78 is 15.8. The van der Waals surface area contributed by atoms with Crippen LogP contribution in [0.5, 0.6) is 0 Å². The molecule has 21 heavy (non-hydrogen) atoms. The monoisotopic (exact) mass is 308 g/mol. The molecule has 112 valence electrons. The number of hydrogen-bond acceptors (Lipinski definition) is 3. The molecule has 0 saturated heterocycles. The molecule has 1 saturated carbocycles. The van der Waals surface area contributed by atoms with Crippen molar-refractivity contribution in [3.8, 4) is 0 Å². The number of aliphatic carboxylic acids is 1. The van der Waals surface area contributed by atoms with Crippen molar-refractivity contribution in [2.45, 2.75) is 37.9 Å². The lowest BCUT2D eigenvalue weighted by atomic mass is 9.81. The first-order chi connectivity index (χ1) is 9.95. The van der Waals surface area contributed by atoms with Crippen molar-refractivity contribution in [1.29, 1.82) is 0 Å². The number of nitrogens with zero attached hydrogens (tertiary/aromatic N) is 2. The fraction of sp³-hybridized carbons (Fsp3) is 0.467. The SMILES string of the molecule is Cc1cc2c(cc1F)nc(SCC(=O)O)n2C1CC(C)C1. The van der Waals surface area contributed by atoms with Gasteiger partial charge in [0.25, 0.3) is 0 Å².